The Labute approximate surface area is 127 Å². The second-order valence-electron chi connectivity index (χ2n) is 4.56. The highest BCUT2D eigenvalue weighted by atomic mass is 35.5. The first-order valence-electron chi connectivity index (χ1n) is 6.10. The zero-order valence-electron chi connectivity index (χ0n) is 11.0. The van der Waals surface area contributed by atoms with Crippen LogP contribution in [0, 0.1) is 5.92 Å². The van der Waals surface area contributed by atoms with Crippen molar-refractivity contribution in [1.29, 1.82) is 0 Å². The van der Waals surface area contributed by atoms with Crippen molar-refractivity contribution in [2.24, 2.45) is 11.0 Å². The van der Waals surface area contributed by atoms with Gasteiger partial charge in [0.15, 0.2) is 5.72 Å². The Morgan fingerprint density at radius 3 is 2.91 bits per heavy atom. The van der Waals surface area contributed by atoms with E-state index in [9.17, 15) is 19.8 Å². The molecule has 0 spiro atoms. The molecule has 22 heavy (non-hydrogen) atoms. The summed E-state index contributed by atoms with van der Waals surface area (Å²) < 4.78 is 6.43. The Balaban J connectivity index is 2.56. The smallest absolute Gasteiger partial charge is 0.330 e. The fourth-order valence-corrected chi connectivity index (χ4v) is 2.46. The van der Waals surface area contributed by atoms with Gasteiger partial charge in [-0.2, -0.15) is 0 Å². The number of azide groups is 1. The Morgan fingerprint density at radius 2 is 2.36 bits per heavy atom. The van der Waals surface area contributed by atoms with E-state index in [4.69, 9.17) is 21.9 Å². The van der Waals surface area contributed by atoms with Gasteiger partial charge >= 0.3 is 5.69 Å². The maximum atomic E-state index is 11.9. The standard InChI is InChI=1S/C11H12ClN5O5/c12-3-1-6-8(20)11(5-18,15-16-13)22-9(6)17-4-2-7(19)14-10(17)21/h1-4,6,8-9,18,20H,5H2,(H,14,19,21)/t6-,8-,9+,11+/m0/s1. The summed E-state index contributed by atoms with van der Waals surface area (Å²) in [7, 11) is 0. The van der Waals surface area contributed by atoms with E-state index in [0.717, 1.165) is 22.4 Å². The molecule has 10 nitrogen and oxygen atoms in total. The van der Waals surface area contributed by atoms with Crippen LogP contribution in [0.15, 0.2) is 38.6 Å². The van der Waals surface area contributed by atoms with Crippen molar-refractivity contribution in [1.82, 2.24) is 9.55 Å². The number of halogens is 1. The highest BCUT2D eigenvalue weighted by molar-refractivity contribution is 6.25. The molecule has 0 radical (unpaired) electrons. The lowest BCUT2D eigenvalue weighted by Gasteiger charge is -2.24. The van der Waals surface area contributed by atoms with E-state index in [2.05, 4.69) is 10.0 Å². The Bertz CT molecular complexity index is 739. The van der Waals surface area contributed by atoms with Crippen molar-refractivity contribution in [3.05, 3.63) is 55.2 Å². The number of aliphatic hydroxyl groups is 2. The molecule has 0 saturated carbocycles. The lowest BCUT2D eigenvalue weighted by molar-refractivity contribution is -0.124. The van der Waals surface area contributed by atoms with Gasteiger partial charge in [-0.3, -0.25) is 14.3 Å². The highest BCUT2D eigenvalue weighted by Gasteiger charge is 2.54. The number of hydrogen-bond donors (Lipinski definition) is 3. The molecule has 0 bridgehead atoms. The molecular formula is C11H12ClN5O5. The van der Waals surface area contributed by atoms with Gasteiger partial charge in [-0.1, -0.05) is 22.8 Å². The first kappa shape index (κ1) is 16.3. The number of hydrogen-bond acceptors (Lipinski definition) is 6. The first-order chi connectivity index (χ1) is 10.5. The lowest BCUT2D eigenvalue weighted by atomic mass is 9.96. The van der Waals surface area contributed by atoms with Crippen molar-refractivity contribution < 1.29 is 14.9 Å². The molecule has 1 aromatic heterocycles. The van der Waals surface area contributed by atoms with Crippen LogP contribution in [-0.2, 0) is 4.74 Å². The summed E-state index contributed by atoms with van der Waals surface area (Å²) in [5.41, 5.74) is 6.35. The zero-order chi connectivity index (χ0) is 16.3. The Morgan fingerprint density at radius 1 is 1.64 bits per heavy atom. The van der Waals surface area contributed by atoms with Crippen molar-refractivity contribution in [2.75, 3.05) is 6.61 Å². The summed E-state index contributed by atoms with van der Waals surface area (Å²) in [6.45, 7) is -0.806. The molecule has 0 aliphatic carbocycles. The van der Waals surface area contributed by atoms with E-state index in [1.54, 1.807) is 0 Å². The van der Waals surface area contributed by atoms with Gasteiger partial charge in [-0.15, -0.1) is 0 Å². The summed E-state index contributed by atoms with van der Waals surface area (Å²) in [5.74, 6) is -0.890. The molecule has 1 aliphatic rings. The van der Waals surface area contributed by atoms with Gasteiger partial charge in [0.1, 0.15) is 12.3 Å². The minimum absolute atomic E-state index is 0.604. The van der Waals surface area contributed by atoms with Crippen molar-refractivity contribution in [3.8, 4) is 0 Å². The largest absolute Gasteiger partial charge is 0.393 e. The third-order valence-corrected chi connectivity index (χ3v) is 3.49. The molecule has 1 fully saturated rings. The Hall–Kier alpha value is -2.10. The van der Waals surface area contributed by atoms with Crippen LogP contribution < -0.4 is 11.2 Å². The van der Waals surface area contributed by atoms with Gasteiger partial charge in [0.05, 0.1) is 12.5 Å². The molecule has 3 N–H and O–H groups in total. The van der Waals surface area contributed by atoms with E-state index in [1.165, 1.54) is 6.08 Å². The summed E-state index contributed by atoms with van der Waals surface area (Å²) in [4.78, 5) is 27.6. The number of ether oxygens (including phenoxy) is 1. The topological polar surface area (TPSA) is 153 Å². The van der Waals surface area contributed by atoms with E-state index in [-0.39, 0.29) is 0 Å². The van der Waals surface area contributed by atoms with Crippen LogP contribution >= 0.6 is 11.6 Å². The van der Waals surface area contributed by atoms with Crippen LogP contribution in [0.3, 0.4) is 0 Å². The summed E-state index contributed by atoms with van der Waals surface area (Å²) >= 11 is 5.52. The summed E-state index contributed by atoms with van der Waals surface area (Å²) in [5, 5.41) is 23.0. The van der Waals surface area contributed by atoms with Gasteiger partial charge < -0.3 is 14.9 Å². The monoisotopic (exact) mass is 329 g/mol. The highest BCUT2D eigenvalue weighted by Crippen LogP contribution is 2.42. The molecule has 1 aromatic rings. The number of aromatic nitrogens is 2. The van der Waals surface area contributed by atoms with E-state index in [1.807, 2.05) is 4.98 Å². The number of aromatic amines is 1. The number of aliphatic hydroxyl groups excluding tert-OH is 2. The number of H-pyrrole nitrogens is 1. The van der Waals surface area contributed by atoms with Gasteiger partial charge in [0.25, 0.3) is 5.56 Å². The SMILES string of the molecule is [N-]=[N+]=N[C@]1(CO)O[C@@H](n2ccc(=O)[nH]c2=O)[C@@H](C=CCl)[C@@H]1O. The zero-order valence-corrected chi connectivity index (χ0v) is 11.8. The third kappa shape index (κ3) is 2.65. The van der Waals surface area contributed by atoms with Gasteiger partial charge in [0.2, 0.25) is 0 Å². The van der Waals surface area contributed by atoms with Crippen molar-refractivity contribution in [2.45, 2.75) is 18.1 Å². The number of nitrogens with zero attached hydrogens (tertiary/aromatic N) is 4. The summed E-state index contributed by atoms with van der Waals surface area (Å²) in [6.07, 6.45) is -0.0881. The quantitative estimate of drug-likeness (QED) is 0.396. The van der Waals surface area contributed by atoms with Gasteiger partial charge in [0, 0.05) is 22.7 Å². The van der Waals surface area contributed by atoms with E-state index in [0.29, 0.717) is 0 Å². The maximum Gasteiger partial charge on any atom is 0.330 e. The number of nitrogens with one attached hydrogen (secondary N) is 1. The Kier molecular flexibility index (Phi) is 4.69. The molecule has 1 aliphatic heterocycles. The molecule has 2 rings (SSSR count). The first-order valence-corrected chi connectivity index (χ1v) is 6.54. The van der Waals surface area contributed by atoms with Crippen LogP contribution in [0.4, 0.5) is 0 Å². The van der Waals surface area contributed by atoms with Crippen LogP contribution in [0.1, 0.15) is 6.23 Å². The molecule has 2 heterocycles. The normalized spacial score (nSPS) is 31.3. The maximum absolute atomic E-state index is 11.9. The minimum atomic E-state index is -1.96. The lowest BCUT2D eigenvalue weighted by Crippen LogP contribution is -2.42. The average Bonchev–Trinajstić information content (AvgIpc) is 2.74. The fourth-order valence-electron chi connectivity index (χ4n) is 2.29. The van der Waals surface area contributed by atoms with Crippen LogP contribution in [0.2, 0.25) is 0 Å². The van der Waals surface area contributed by atoms with Gasteiger partial charge in [-0.05, 0) is 5.53 Å². The molecular weight excluding hydrogens is 318 g/mol. The summed E-state index contributed by atoms with van der Waals surface area (Å²) in [6, 6.07) is 1.09. The molecule has 1 saturated heterocycles. The van der Waals surface area contributed by atoms with E-state index < -0.39 is 41.8 Å². The molecule has 0 unspecified atom stereocenters. The predicted molar refractivity (Wildman–Crippen MR) is 74.9 cm³/mol. The van der Waals surface area contributed by atoms with Crippen molar-refractivity contribution in [3.63, 3.8) is 0 Å². The second-order valence-corrected chi connectivity index (χ2v) is 4.81. The average molecular weight is 330 g/mol. The number of rotatable bonds is 4. The van der Waals surface area contributed by atoms with Gasteiger partial charge in [-0.25, -0.2) is 4.79 Å². The fraction of sp³-hybridized carbons (Fsp3) is 0.455. The molecule has 0 aromatic carbocycles. The third-order valence-electron chi connectivity index (χ3n) is 3.34. The minimum Gasteiger partial charge on any atom is -0.393 e. The van der Waals surface area contributed by atoms with Crippen molar-refractivity contribution >= 4 is 11.6 Å². The molecule has 0 amide bonds. The molecule has 4 atom stereocenters. The van der Waals surface area contributed by atoms with Crippen LogP contribution in [-0.4, -0.2) is 38.2 Å². The molecule has 118 valence electrons. The van der Waals surface area contributed by atoms with Crippen LogP contribution in [0.5, 0.6) is 0 Å². The second kappa shape index (κ2) is 6.34. The molecule has 11 heteroatoms. The van der Waals surface area contributed by atoms with E-state index >= 15 is 0 Å². The van der Waals surface area contributed by atoms with Crippen LogP contribution in [0.25, 0.3) is 10.4 Å². The predicted octanol–water partition coefficient (Wildman–Crippen LogP) is -0.206.